The molecule has 27 heavy (non-hydrogen) atoms. The van der Waals surface area contributed by atoms with Crippen molar-refractivity contribution in [2.75, 3.05) is 44.2 Å². The van der Waals surface area contributed by atoms with Gasteiger partial charge in [-0.25, -0.2) is 9.97 Å². The monoisotopic (exact) mass is 369 g/mol. The zero-order valence-corrected chi connectivity index (χ0v) is 15.8. The predicted octanol–water partition coefficient (Wildman–Crippen LogP) is 1.62. The Morgan fingerprint density at radius 1 is 0.815 bits per heavy atom. The number of imide groups is 1. The standard InChI is InChI=1S/C20H27N5O2/c26-18-16-6-1-2-7-17(16)19(27)25(18)11-4-3-10-23-12-14-24(15-13-23)20-21-8-5-9-22-20/h5,8-9H,1-4,6-7,10-15H2. The van der Waals surface area contributed by atoms with Gasteiger partial charge in [0.1, 0.15) is 0 Å². The van der Waals surface area contributed by atoms with Crippen molar-refractivity contribution in [3.05, 3.63) is 29.6 Å². The molecule has 144 valence electrons. The third-order valence-electron chi connectivity index (χ3n) is 5.79. The SMILES string of the molecule is O=C1C2=C(CCCC2)C(=O)N1CCCCN1CCN(c2ncccn2)CC1. The van der Waals surface area contributed by atoms with E-state index in [0.717, 1.165) is 88.3 Å². The summed E-state index contributed by atoms with van der Waals surface area (Å²) in [6.07, 6.45) is 9.07. The highest BCUT2D eigenvalue weighted by molar-refractivity contribution is 6.19. The summed E-state index contributed by atoms with van der Waals surface area (Å²) >= 11 is 0. The lowest BCUT2D eigenvalue weighted by molar-refractivity contribution is -0.137. The minimum absolute atomic E-state index is 0.0221. The molecule has 0 spiro atoms. The van der Waals surface area contributed by atoms with Gasteiger partial charge in [-0.3, -0.25) is 19.4 Å². The molecule has 4 rings (SSSR count). The second kappa shape index (κ2) is 8.17. The molecule has 0 bridgehead atoms. The van der Waals surface area contributed by atoms with E-state index in [1.54, 1.807) is 12.4 Å². The molecule has 1 aliphatic carbocycles. The lowest BCUT2D eigenvalue weighted by Gasteiger charge is -2.34. The van der Waals surface area contributed by atoms with E-state index in [0.29, 0.717) is 6.54 Å². The molecule has 1 aromatic rings. The topological polar surface area (TPSA) is 69.6 Å². The first-order valence-corrected chi connectivity index (χ1v) is 10.1. The van der Waals surface area contributed by atoms with Crippen LogP contribution in [0.2, 0.25) is 0 Å². The summed E-state index contributed by atoms with van der Waals surface area (Å²) in [7, 11) is 0. The summed E-state index contributed by atoms with van der Waals surface area (Å²) in [4.78, 5) is 39.6. The number of anilines is 1. The average Bonchev–Trinajstić information content (AvgIpc) is 2.97. The van der Waals surface area contributed by atoms with Crippen LogP contribution in [0, 0.1) is 0 Å². The van der Waals surface area contributed by atoms with Gasteiger partial charge in [0.2, 0.25) is 5.95 Å². The van der Waals surface area contributed by atoms with Crippen LogP contribution in [0.25, 0.3) is 0 Å². The number of rotatable bonds is 6. The van der Waals surface area contributed by atoms with Gasteiger partial charge in [-0.15, -0.1) is 0 Å². The Labute approximate surface area is 160 Å². The Bertz CT molecular complexity index is 697. The second-order valence-corrected chi connectivity index (χ2v) is 7.51. The van der Waals surface area contributed by atoms with Gasteiger partial charge < -0.3 is 4.90 Å². The Hall–Kier alpha value is -2.28. The molecule has 3 aliphatic rings. The number of unbranched alkanes of at least 4 members (excludes halogenated alkanes) is 1. The first-order chi connectivity index (χ1) is 13.2. The smallest absolute Gasteiger partial charge is 0.257 e. The molecule has 7 heteroatoms. The van der Waals surface area contributed by atoms with Crippen LogP contribution in [0.1, 0.15) is 38.5 Å². The van der Waals surface area contributed by atoms with Crippen molar-refractivity contribution in [2.24, 2.45) is 0 Å². The molecular formula is C20H27N5O2. The van der Waals surface area contributed by atoms with Crippen LogP contribution in [0.3, 0.4) is 0 Å². The fourth-order valence-corrected chi connectivity index (χ4v) is 4.23. The van der Waals surface area contributed by atoms with E-state index in [4.69, 9.17) is 0 Å². The fourth-order valence-electron chi connectivity index (χ4n) is 4.23. The largest absolute Gasteiger partial charge is 0.338 e. The Morgan fingerprint density at radius 2 is 1.41 bits per heavy atom. The van der Waals surface area contributed by atoms with Gasteiger partial charge in [0.05, 0.1) is 0 Å². The van der Waals surface area contributed by atoms with E-state index >= 15 is 0 Å². The summed E-state index contributed by atoms with van der Waals surface area (Å²) in [5, 5.41) is 0. The summed E-state index contributed by atoms with van der Waals surface area (Å²) in [5.41, 5.74) is 1.59. The summed E-state index contributed by atoms with van der Waals surface area (Å²) in [6, 6.07) is 1.83. The van der Waals surface area contributed by atoms with Crippen molar-refractivity contribution < 1.29 is 9.59 Å². The molecule has 0 atom stereocenters. The van der Waals surface area contributed by atoms with Crippen molar-refractivity contribution in [3.8, 4) is 0 Å². The van der Waals surface area contributed by atoms with Gasteiger partial charge in [-0.2, -0.15) is 0 Å². The summed E-state index contributed by atoms with van der Waals surface area (Å²) in [6.45, 7) is 5.42. The quantitative estimate of drug-likeness (QED) is 0.561. The number of hydrogen-bond donors (Lipinski definition) is 0. The maximum absolute atomic E-state index is 12.4. The van der Waals surface area contributed by atoms with Gasteiger partial charge in [0, 0.05) is 56.3 Å². The van der Waals surface area contributed by atoms with E-state index in [1.807, 2.05) is 6.07 Å². The number of aromatic nitrogens is 2. The third kappa shape index (κ3) is 3.88. The van der Waals surface area contributed by atoms with Crippen LogP contribution in [0.4, 0.5) is 5.95 Å². The second-order valence-electron chi connectivity index (χ2n) is 7.51. The van der Waals surface area contributed by atoms with Crippen LogP contribution in [-0.4, -0.2) is 70.9 Å². The lowest BCUT2D eigenvalue weighted by Crippen LogP contribution is -2.47. The van der Waals surface area contributed by atoms with Gasteiger partial charge in [0.25, 0.3) is 11.8 Å². The maximum atomic E-state index is 12.4. The lowest BCUT2D eigenvalue weighted by atomic mass is 9.93. The molecule has 1 saturated heterocycles. The molecule has 0 N–H and O–H groups in total. The highest BCUT2D eigenvalue weighted by Gasteiger charge is 2.38. The Kier molecular flexibility index (Phi) is 5.48. The number of nitrogens with zero attached hydrogens (tertiary/aromatic N) is 5. The number of hydrogen-bond acceptors (Lipinski definition) is 6. The number of piperazine rings is 1. The minimum atomic E-state index is -0.0221. The molecule has 0 aromatic carbocycles. The van der Waals surface area contributed by atoms with Crippen molar-refractivity contribution in [2.45, 2.75) is 38.5 Å². The van der Waals surface area contributed by atoms with Gasteiger partial charge in [-0.05, 0) is 51.1 Å². The van der Waals surface area contributed by atoms with Crippen molar-refractivity contribution in [3.63, 3.8) is 0 Å². The molecule has 1 aromatic heterocycles. The minimum Gasteiger partial charge on any atom is -0.338 e. The number of carbonyl (C=O) groups excluding carboxylic acids is 2. The van der Waals surface area contributed by atoms with Gasteiger partial charge in [0.15, 0.2) is 0 Å². The highest BCUT2D eigenvalue weighted by atomic mass is 16.2. The van der Waals surface area contributed by atoms with Crippen LogP contribution in [0.5, 0.6) is 0 Å². The molecular weight excluding hydrogens is 342 g/mol. The van der Waals surface area contributed by atoms with Crippen molar-refractivity contribution in [1.82, 2.24) is 19.8 Å². The highest BCUT2D eigenvalue weighted by Crippen LogP contribution is 2.32. The normalized spacial score (nSPS) is 21.2. The van der Waals surface area contributed by atoms with Crippen molar-refractivity contribution in [1.29, 1.82) is 0 Å². The van der Waals surface area contributed by atoms with E-state index < -0.39 is 0 Å². The van der Waals surface area contributed by atoms with Crippen LogP contribution in [0.15, 0.2) is 29.6 Å². The molecule has 0 radical (unpaired) electrons. The zero-order chi connectivity index (χ0) is 18.6. The summed E-state index contributed by atoms with van der Waals surface area (Å²) < 4.78 is 0. The molecule has 2 amide bonds. The van der Waals surface area contributed by atoms with Crippen LogP contribution in [-0.2, 0) is 9.59 Å². The van der Waals surface area contributed by atoms with Gasteiger partial charge in [-0.1, -0.05) is 0 Å². The molecule has 0 unspecified atom stereocenters. The molecule has 1 fully saturated rings. The number of carbonyl (C=O) groups is 2. The van der Waals surface area contributed by atoms with Gasteiger partial charge >= 0.3 is 0 Å². The Morgan fingerprint density at radius 3 is 2.04 bits per heavy atom. The number of amides is 2. The molecule has 7 nitrogen and oxygen atoms in total. The molecule has 0 saturated carbocycles. The van der Waals surface area contributed by atoms with Crippen LogP contribution >= 0.6 is 0 Å². The third-order valence-corrected chi connectivity index (χ3v) is 5.79. The van der Waals surface area contributed by atoms with Crippen LogP contribution < -0.4 is 4.90 Å². The fraction of sp³-hybridized carbons (Fsp3) is 0.600. The van der Waals surface area contributed by atoms with E-state index in [1.165, 1.54) is 4.90 Å². The average molecular weight is 369 g/mol. The first-order valence-electron chi connectivity index (χ1n) is 10.1. The zero-order valence-electron chi connectivity index (χ0n) is 15.8. The van der Waals surface area contributed by atoms with E-state index in [9.17, 15) is 9.59 Å². The first kappa shape index (κ1) is 18.1. The Balaban J connectivity index is 1.17. The van der Waals surface area contributed by atoms with E-state index in [2.05, 4.69) is 19.8 Å². The summed E-state index contributed by atoms with van der Waals surface area (Å²) in [5.74, 6) is 0.761. The molecule has 3 heterocycles. The maximum Gasteiger partial charge on any atom is 0.257 e. The molecule has 2 aliphatic heterocycles. The van der Waals surface area contributed by atoms with Crippen molar-refractivity contribution >= 4 is 17.8 Å². The van der Waals surface area contributed by atoms with E-state index in [-0.39, 0.29) is 11.8 Å². The predicted molar refractivity (Wildman–Crippen MR) is 102 cm³/mol.